The summed E-state index contributed by atoms with van der Waals surface area (Å²) in [7, 11) is 0. The first-order valence-corrected chi connectivity index (χ1v) is 8.90. The van der Waals surface area contributed by atoms with Crippen molar-refractivity contribution in [2.45, 2.75) is 13.0 Å². The van der Waals surface area contributed by atoms with Crippen LogP contribution < -0.4 is 21.4 Å². The van der Waals surface area contributed by atoms with Gasteiger partial charge in [0.05, 0.1) is 30.7 Å². The smallest absolute Gasteiger partial charge is 0.414 e. The number of cyclic esters (lactones) is 1. The summed E-state index contributed by atoms with van der Waals surface area (Å²) < 4.78 is 19.9. The number of hydrogen-bond donors (Lipinski definition) is 3. The monoisotopic (exact) mass is 414 g/mol. The normalized spacial score (nSPS) is 15.9. The molecular weight excluding hydrogens is 395 g/mol. The van der Waals surface area contributed by atoms with Gasteiger partial charge < -0.3 is 15.8 Å². The maximum absolute atomic E-state index is 14.7. The number of primary amides is 1. The number of carbonyl (C=O) groups is 3. The Morgan fingerprint density at radius 3 is 2.83 bits per heavy atom. The van der Waals surface area contributed by atoms with Gasteiger partial charge in [0, 0.05) is 24.2 Å². The summed E-state index contributed by atoms with van der Waals surface area (Å²) in [5.41, 5.74) is 8.51. The van der Waals surface area contributed by atoms with Gasteiger partial charge in [-0.05, 0) is 30.3 Å². The number of pyridine rings is 1. The van der Waals surface area contributed by atoms with Crippen LogP contribution in [0.5, 0.6) is 0 Å². The van der Waals surface area contributed by atoms with Gasteiger partial charge in [-0.3, -0.25) is 14.7 Å². The van der Waals surface area contributed by atoms with Crippen molar-refractivity contribution < 1.29 is 23.5 Å². The quantitative estimate of drug-likeness (QED) is 0.484. The predicted octanol–water partition coefficient (Wildman–Crippen LogP) is 1.35. The second-order valence-corrected chi connectivity index (χ2v) is 6.43. The van der Waals surface area contributed by atoms with E-state index in [4.69, 9.17) is 10.5 Å². The molecule has 1 atom stereocenters. The number of aromatic nitrogens is 1. The number of hydrazone groups is 1. The minimum absolute atomic E-state index is 0.187. The number of ether oxygens (including phenoxy) is 1. The number of halogens is 1. The third-order valence-corrected chi connectivity index (χ3v) is 4.17. The van der Waals surface area contributed by atoms with Crippen molar-refractivity contribution in [1.29, 1.82) is 0 Å². The van der Waals surface area contributed by atoms with Crippen molar-refractivity contribution in [3.63, 3.8) is 0 Å². The van der Waals surface area contributed by atoms with Crippen LogP contribution in [-0.4, -0.2) is 48.4 Å². The molecule has 0 spiro atoms. The molecule has 1 unspecified atom stereocenters. The molecule has 0 saturated carbocycles. The molecule has 1 aliphatic rings. The zero-order valence-electron chi connectivity index (χ0n) is 16.0. The van der Waals surface area contributed by atoms with Crippen LogP contribution in [0.15, 0.2) is 41.6 Å². The average Bonchev–Trinajstić information content (AvgIpc) is 3.07. The van der Waals surface area contributed by atoms with E-state index in [2.05, 4.69) is 20.8 Å². The van der Waals surface area contributed by atoms with Gasteiger partial charge in [-0.15, -0.1) is 0 Å². The second-order valence-electron chi connectivity index (χ2n) is 6.43. The molecule has 2 heterocycles. The molecule has 1 fully saturated rings. The number of rotatable bonds is 6. The maximum atomic E-state index is 14.7. The Hall–Kier alpha value is -4.02. The average molecular weight is 414 g/mol. The number of benzene rings is 1. The number of hydrogen-bond acceptors (Lipinski definition) is 6. The minimum atomic E-state index is -0.790. The second kappa shape index (κ2) is 8.99. The molecule has 0 aliphatic carbocycles. The highest BCUT2D eigenvalue weighted by Crippen LogP contribution is 2.28. The van der Waals surface area contributed by atoms with E-state index in [9.17, 15) is 18.8 Å². The SMILES string of the molecule is CC(=O)NCC1CN(c2ccc(-c3ccc(C=NNC(N)=O)cn3)c(F)c2)C(=O)O1. The summed E-state index contributed by atoms with van der Waals surface area (Å²) in [6.07, 6.45) is 1.68. The highest BCUT2D eigenvalue weighted by atomic mass is 19.1. The number of nitrogens with one attached hydrogen (secondary N) is 2. The van der Waals surface area contributed by atoms with Gasteiger partial charge in [-0.25, -0.2) is 19.4 Å². The fraction of sp³-hybridized carbons (Fsp3) is 0.211. The van der Waals surface area contributed by atoms with Crippen molar-refractivity contribution in [2.24, 2.45) is 10.8 Å². The summed E-state index contributed by atoms with van der Waals surface area (Å²) in [4.78, 5) is 39.1. The molecule has 156 valence electrons. The Labute approximate surface area is 170 Å². The molecule has 2 aromatic rings. The van der Waals surface area contributed by atoms with Crippen LogP contribution in [-0.2, 0) is 9.53 Å². The molecule has 11 heteroatoms. The third kappa shape index (κ3) is 5.07. The van der Waals surface area contributed by atoms with Crippen LogP contribution >= 0.6 is 0 Å². The van der Waals surface area contributed by atoms with Gasteiger partial charge in [-0.2, -0.15) is 5.10 Å². The van der Waals surface area contributed by atoms with E-state index in [0.29, 0.717) is 16.9 Å². The molecule has 1 aromatic carbocycles. The maximum Gasteiger partial charge on any atom is 0.414 e. The molecule has 0 bridgehead atoms. The molecular formula is C19H19FN6O4. The molecule has 1 aromatic heterocycles. The first-order valence-electron chi connectivity index (χ1n) is 8.90. The summed E-state index contributed by atoms with van der Waals surface area (Å²) >= 11 is 0. The van der Waals surface area contributed by atoms with E-state index in [1.165, 1.54) is 36.4 Å². The van der Waals surface area contributed by atoms with E-state index < -0.39 is 24.0 Å². The largest absolute Gasteiger partial charge is 0.442 e. The van der Waals surface area contributed by atoms with Crippen LogP contribution in [0.25, 0.3) is 11.3 Å². The van der Waals surface area contributed by atoms with Crippen molar-refractivity contribution in [3.05, 3.63) is 47.9 Å². The van der Waals surface area contributed by atoms with Crippen LogP contribution in [0.1, 0.15) is 12.5 Å². The summed E-state index contributed by atoms with van der Waals surface area (Å²) in [6.45, 7) is 1.75. The molecule has 30 heavy (non-hydrogen) atoms. The van der Waals surface area contributed by atoms with Crippen LogP contribution in [0.3, 0.4) is 0 Å². The Morgan fingerprint density at radius 1 is 1.40 bits per heavy atom. The predicted molar refractivity (Wildman–Crippen MR) is 106 cm³/mol. The van der Waals surface area contributed by atoms with Crippen molar-refractivity contribution in [2.75, 3.05) is 18.0 Å². The van der Waals surface area contributed by atoms with Crippen LogP contribution in [0, 0.1) is 5.82 Å². The Balaban J connectivity index is 1.71. The van der Waals surface area contributed by atoms with Gasteiger partial charge in [0.25, 0.3) is 0 Å². The lowest BCUT2D eigenvalue weighted by atomic mass is 10.1. The lowest BCUT2D eigenvalue weighted by Gasteiger charge is -2.14. The summed E-state index contributed by atoms with van der Waals surface area (Å²) in [5.74, 6) is -0.788. The van der Waals surface area contributed by atoms with Crippen molar-refractivity contribution in [1.82, 2.24) is 15.7 Å². The van der Waals surface area contributed by atoms with E-state index in [0.717, 1.165) is 0 Å². The van der Waals surface area contributed by atoms with E-state index in [1.807, 2.05) is 0 Å². The molecule has 1 aliphatic heterocycles. The zero-order chi connectivity index (χ0) is 21.7. The van der Waals surface area contributed by atoms with E-state index >= 15 is 0 Å². The fourth-order valence-corrected chi connectivity index (χ4v) is 2.79. The first kappa shape index (κ1) is 20.7. The van der Waals surface area contributed by atoms with Gasteiger partial charge in [0.2, 0.25) is 5.91 Å². The van der Waals surface area contributed by atoms with Crippen molar-refractivity contribution in [3.8, 4) is 11.3 Å². The van der Waals surface area contributed by atoms with Gasteiger partial charge in [-0.1, -0.05) is 0 Å². The molecule has 10 nitrogen and oxygen atoms in total. The van der Waals surface area contributed by atoms with Crippen LogP contribution in [0.4, 0.5) is 19.7 Å². The van der Waals surface area contributed by atoms with Gasteiger partial charge >= 0.3 is 12.1 Å². The number of amides is 4. The highest BCUT2D eigenvalue weighted by Gasteiger charge is 2.32. The third-order valence-electron chi connectivity index (χ3n) is 4.17. The Morgan fingerprint density at radius 2 is 2.20 bits per heavy atom. The van der Waals surface area contributed by atoms with E-state index in [-0.39, 0.29) is 24.6 Å². The number of carbonyl (C=O) groups excluding carboxylic acids is 3. The Bertz CT molecular complexity index is 995. The van der Waals surface area contributed by atoms with Gasteiger partial charge in [0.15, 0.2) is 0 Å². The highest BCUT2D eigenvalue weighted by molar-refractivity contribution is 5.90. The lowest BCUT2D eigenvalue weighted by Crippen LogP contribution is -2.33. The molecule has 4 amide bonds. The summed E-state index contributed by atoms with van der Waals surface area (Å²) in [5, 5.41) is 6.20. The minimum Gasteiger partial charge on any atom is -0.442 e. The molecule has 3 rings (SSSR count). The summed E-state index contributed by atoms with van der Waals surface area (Å²) in [6, 6.07) is 6.79. The lowest BCUT2D eigenvalue weighted by molar-refractivity contribution is -0.119. The van der Waals surface area contributed by atoms with E-state index in [1.54, 1.807) is 18.2 Å². The molecule has 1 saturated heterocycles. The van der Waals surface area contributed by atoms with Crippen molar-refractivity contribution >= 4 is 29.9 Å². The van der Waals surface area contributed by atoms with Crippen LogP contribution in [0.2, 0.25) is 0 Å². The topological polar surface area (TPSA) is 139 Å². The molecule has 4 N–H and O–H groups in total. The number of anilines is 1. The van der Waals surface area contributed by atoms with Gasteiger partial charge in [0.1, 0.15) is 11.9 Å². The standard InChI is InChI=1S/C19H19FN6O4/c1-11(27)22-9-14-10-26(19(29)30-14)13-3-4-15(16(20)6-13)17-5-2-12(7-23-17)8-24-25-18(21)28/h2-8,14H,9-10H2,1H3,(H,22,27)(H3,21,25,28). The fourth-order valence-electron chi connectivity index (χ4n) is 2.79. The number of nitrogens with zero attached hydrogens (tertiary/aromatic N) is 3. The first-order chi connectivity index (χ1) is 14.3. The Kier molecular flexibility index (Phi) is 6.20. The number of nitrogens with two attached hydrogens (primary N) is 1. The molecule has 0 radical (unpaired) electrons. The zero-order valence-corrected chi connectivity index (χ0v) is 16.0. The number of urea groups is 1.